The molecule has 0 fully saturated rings. The van der Waals surface area contributed by atoms with Gasteiger partial charge < -0.3 is 0 Å². The monoisotopic (exact) mass is 456 g/mol. The van der Waals surface area contributed by atoms with Crippen LogP contribution in [0.4, 0.5) is 41.6 Å². The van der Waals surface area contributed by atoms with Crippen LogP contribution in [0.2, 0.25) is 0 Å². The van der Waals surface area contributed by atoms with Gasteiger partial charge in [-0.25, -0.2) is 0 Å². The van der Waals surface area contributed by atoms with Crippen LogP contribution < -0.4 is 103 Å². The molecule has 0 saturated carbocycles. The molecule has 0 radical (unpaired) electrons. The summed E-state index contributed by atoms with van der Waals surface area (Å²) in [7, 11) is 0. The molecule has 0 aliphatic carbocycles. The molecule has 0 rings (SSSR count). The van der Waals surface area contributed by atoms with E-state index in [4.69, 9.17) is 0 Å². The Balaban J connectivity index is -0.0000000800. The maximum atomic E-state index is 9.91. The zero-order chi connectivity index (χ0) is 12.8. The smallest absolute Gasteiger partial charge is 1.00 e. The number of rotatable bonds is 0. The van der Waals surface area contributed by atoms with Gasteiger partial charge in [0.2, 0.25) is 0 Å². The molecule has 96 valence electrons. The number of hydrogen-bond donors (Lipinski definition) is 0. The molecular formula is As2F12K2. The quantitative estimate of drug-likeness (QED) is 0.301. The average molecular weight is 456 g/mol. The first-order chi connectivity index (χ1) is 4.90. The Morgan fingerprint density at radius 1 is 0.312 bits per heavy atom. The Labute approximate surface area is 168 Å². The van der Waals surface area contributed by atoms with E-state index in [1.165, 1.54) is 0 Å². The second-order valence-electron chi connectivity index (χ2n) is 1.92. The van der Waals surface area contributed by atoms with Gasteiger partial charge in [0.05, 0.1) is 0 Å². The van der Waals surface area contributed by atoms with Crippen LogP contribution in [-0.4, -0.2) is 28.3 Å². The van der Waals surface area contributed by atoms with Crippen LogP contribution in [0.15, 0.2) is 0 Å². The van der Waals surface area contributed by atoms with Gasteiger partial charge in [-0.1, -0.05) is 0 Å². The molecule has 16 heteroatoms. The van der Waals surface area contributed by atoms with Crippen molar-refractivity contribution in [3.63, 3.8) is 0 Å². The minimum absolute atomic E-state index is 0. The predicted molar refractivity (Wildman–Crippen MR) is 24.8 cm³/mol. The van der Waals surface area contributed by atoms with E-state index in [1.54, 1.807) is 0 Å². The van der Waals surface area contributed by atoms with Crippen molar-refractivity contribution < 1.29 is 144 Å². The van der Waals surface area contributed by atoms with Crippen LogP contribution >= 0.6 is 0 Å². The molecule has 0 atom stereocenters. The van der Waals surface area contributed by atoms with Gasteiger partial charge in [-0.2, -0.15) is 0 Å². The van der Waals surface area contributed by atoms with Gasteiger partial charge in [-0.05, 0) is 0 Å². The van der Waals surface area contributed by atoms with E-state index in [-0.39, 0.29) is 103 Å². The van der Waals surface area contributed by atoms with E-state index in [0.717, 1.165) is 0 Å². The molecule has 0 nitrogen and oxygen atoms in total. The van der Waals surface area contributed by atoms with E-state index in [9.17, 15) is 41.6 Å². The Morgan fingerprint density at radius 3 is 0.312 bits per heavy atom. The summed E-state index contributed by atoms with van der Waals surface area (Å²) in [5.74, 6) is 0. The van der Waals surface area contributed by atoms with Crippen molar-refractivity contribution in [2.45, 2.75) is 0 Å². The fourth-order valence-corrected chi connectivity index (χ4v) is 0. The third-order valence-electron chi connectivity index (χ3n) is 0. The van der Waals surface area contributed by atoms with Gasteiger partial charge in [0.25, 0.3) is 0 Å². The topological polar surface area (TPSA) is 0 Å². The molecule has 0 aromatic rings. The molecule has 0 saturated heterocycles. The van der Waals surface area contributed by atoms with Crippen LogP contribution in [0.1, 0.15) is 0 Å². The summed E-state index contributed by atoms with van der Waals surface area (Å²) >= 11 is -22.1. The normalized spacial score (nSPS) is 20.2. The van der Waals surface area contributed by atoms with Crippen LogP contribution in [-0.2, 0) is 0 Å². The Kier molecular flexibility index (Phi) is 8.83. The molecule has 0 N–H and O–H groups in total. The first-order valence-electron chi connectivity index (χ1n) is 2.03. The SMILES string of the molecule is F[As-](F)(F)(F)(F)F.F[As-](F)(F)(F)(F)F.[K+].[K+]. The first-order valence-corrected chi connectivity index (χ1v) is 10.5. The summed E-state index contributed by atoms with van der Waals surface area (Å²) in [4.78, 5) is 0. The van der Waals surface area contributed by atoms with Crippen LogP contribution in [0.5, 0.6) is 0 Å². The average Bonchev–Trinajstić information content (AvgIpc) is 0.938. The maximum absolute atomic E-state index is 11.1. The predicted octanol–water partition coefficient (Wildman–Crippen LogP) is -1.71. The molecule has 0 spiro atoms. The first kappa shape index (κ1) is 27.8. The van der Waals surface area contributed by atoms with Crippen molar-refractivity contribution in [2.24, 2.45) is 0 Å². The van der Waals surface area contributed by atoms with Crippen molar-refractivity contribution in [1.29, 1.82) is 0 Å². The summed E-state index contributed by atoms with van der Waals surface area (Å²) in [6, 6.07) is 0. The van der Waals surface area contributed by atoms with E-state index < -0.39 is 28.3 Å². The van der Waals surface area contributed by atoms with Crippen molar-refractivity contribution in [1.82, 2.24) is 0 Å². The van der Waals surface area contributed by atoms with Gasteiger partial charge in [0.1, 0.15) is 0 Å². The van der Waals surface area contributed by atoms with E-state index in [2.05, 4.69) is 0 Å². The molecular weight excluding hydrogens is 456 g/mol. The van der Waals surface area contributed by atoms with Crippen molar-refractivity contribution in [3.8, 4) is 0 Å². The van der Waals surface area contributed by atoms with Crippen LogP contribution in [0.3, 0.4) is 0 Å². The second kappa shape index (κ2) is 5.08. The zero-order valence-corrected chi connectivity index (χ0v) is 17.4. The Hall–Kier alpha value is 3.55. The number of halogens is 12. The zero-order valence-electron chi connectivity index (χ0n) is 7.43. The largest absolute Gasteiger partial charge is 1.00 e. The molecule has 16 heavy (non-hydrogen) atoms. The van der Waals surface area contributed by atoms with Gasteiger partial charge in [-0.3, -0.25) is 0 Å². The Bertz CT molecular complexity index is 164. The van der Waals surface area contributed by atoms with Gasteiger partial charge in [0, 0.05) is 0 Å². The minimum Gasteiger partial charge on any atom is 1.00 e. The molecule has 0 bridgehead atoms. The standard InChI is InChI=1S/2AsF6.2K/c2*2-1(3,4,5,6)7;;/q2*-1;2*+1. The van der Waals surface area contributed by atoms with Gasteiger partial charge in [-0.15, -0.1) is 0 Å². The Morgan fingerprint density at radius 2 is 0.312 bits per heavy atom. The molecule has 0 unspecified atom stereocenters. The second-order valence-corrected chi connectivity index (χ2v) is 9.96. The van der Waals surface area contributed by atoms with Crippen LogP contribution in [0.25, 0.3) is 0 Å². The third-order valence-corrected chi connectivity index (χ3v) is 0. The van der Waals surface area contributed by atoms with E-state index in [1.807, 2.05) is 0 Å². The molecule has 0 heterocycles. The maximum Gasteiger partial charge on any atom is 1.00 e. The molecule has 0 aliphatic heterocycles. The van der Waals surface area contributed by atoms with E-state index >= 15 is 0 Å². The summed E-state index contributed by atoms with van der Waals surface area (Å²) in [6.07, 6.45) is 0. The van der Waals surface area contributed by atoms with E-state index in [0.29, 0.717) is 0 Å². The molecule has 0 aromatic heterocycles. The van der Waals surface area contributed by atoms with Crippen molar-refractivity contribution >= 4 is 28.3 Å². The summed E-state index contributed by atoms with van der Waals surface area (Å²) < 4.78 is 119. The minimum atomic E-state index is -11.1. The fourth-order valence-electron chi connectivity index (χ4n) is 0. The van der Waals surface area contributed by atoms with Crippen molar-refractivity contribution in [2.75, 3.05) is 0 Å². The van der Waals surface area contributed by atoms with Gasteiger partial charge in [0.15, 0.2) is 0 Å². The molecule has 0 amide bonds. The summed E-state index contributed by atoms with van der Waals surface area (Å²) in [5, 5.41) is 0. The number of hydrogen-bond acceptors (Lipinski definition) is 0. The fraction of sp³-hybridized carbons (Fsp3) is 0. The molecule has 0 aromatic carbocycles. The van der Waals surface area contributed by atoms with Crippen molar-refractivity contribution in [3.05, 3.63) is 0 Å². The summed E-state index contributed by atoms with van der Waals surface area (Å²) in [6.45, 7) is 0. The summed E-state index contributed by atoms with van der Waals surface area (Å²) in [5.41, 5.74) is 0. The third kappa shape index (κ3) is 381. The van der Waals surface area contributed by atoms with Gasteiger partial charge >= 0.3 is 173 Å². The molecule has 0 aliphatic rings. The van der Waals surface area contributed by atoms with Crippen LogP contribution in [0, 0.1) is 0 Å².